The first kappa shape index (κ1) is 27.8. The van der Waals surface area contributed by atoms with E-state index in [1.807, 2.05) is 11.3 Å². The molecule has 0 bridgehead atoms. The molecule has 8 aromatic carbocycles. The summed E-state index contributed by atoms with van der Waals surface area (Å²) < 4.78 is 7.40. The number of hydrogen-bond acceptors (Lipinski definition) is 3. The van der Waals surface area contributed by atoms with Crippen LogP contribution in [0.25, 0.3) is 119 Å². The Labute approximate surface area is 305 Å². The maximum absolute atomic E-state index is 5.57. The van der Waals surface area contributed by atoms with Crippen molar-refractivity contribution in [3.63, 3.8) is 0 Å². The minimum absolute atomic E-state index is 0.678. The average Bonchev–Trinajstić information content (AvgIpc) is 3.86. The third-order valence-electron chi connectivity index (χ3n) is 11.4. The van der Waals surface area contributed by atoms with Crippen LogP contribution in [0.4, 0.5) is 0 Å². The number of aromatic nitrogens is 4. The van der Waals surface area contributed by atoms with Crippen LogP contribution in [0.1, 0.15) is 0 Å². The molecule has 0 aliphatic rings. The van der Waals surface area contributed by atoms with Crippen molar-refractivity contribution >= 4 is 113 Å². The van der Waals surface area contributed by atoms with E-state index >= 15 is 0 Å². The van der Waals surface area contributed by atoms with Gasteiger partial charge >= 0.3 is 0 Å². The van der Waals surface area contributed by atoms with Gasteiger partial charge in [0.05, 0.1) is 43.5 Å². The van der Waals surface area contributed by atoms with Gasteiger partial charge in [-0.15, -0.1) is 11.3 Å². The van der Waals surface area contributed by atoms with E-state index in [0.29, 0.717) is 5.95 Å². The SMILES string of the molecule is c1ccc(-c2nc(-n3c4cccc5c4c4c(cc6c7ccccc7sc6c43)c3cccc4c6ccccc6n5c34)nc3c2ccc2ccccc23)cc1. The molecule has 13 aromatic rings. The van der Waals surface area contributed by atoms with E-state index in [1.165, 1.54) is 69.0 Å². The fraction of sp³-hybridized carbons (Fsp3) is 0. The second-order valence-corrected chi connectivity index (χ2v) is 15.2. The molecule has 13 rings (SSSR count). The molecule has 5 heteroatoms. The Kier molecular flexibility index (Phi) is 5.22. The molecule has 0 amide bonds. The number of fused-ring (bicyclic) bond motifs is 12. The normalized spacial score (nSPS) is 12.5. The summed E-state index contributed by atoms with van der Waals surface area (Å²) in [6.07, 6.45) is 0. The molecule has 0 spiro atoms. The third kappa shape index (κ3) is 3.50. The summed E-state index contributed by atoms with van der Waals surface area (Å²) in [6, 6.07) is 57.2. The standard InChI is InChI=1S/C48H26N4S/c1-2-13-28(14-3-1)43-34-25-24-27-12-4-5-15-29(27)44(34)50-48(49-43)52-39-22-11-21-38-42(39)41-35(26-36-31-17-7-9-23-40(31)53-47(36)46(41)52)33-19-10-18-32-30-16-6-8-20-37(30)51(38)45(32)33/h1-26H. The average molecular weight is 691 g/mol. The molecule has 0 fully saturated rings. The van der Waals surface area contributed by atoms with Crippen molar-refractivity contribution in [2.24, 2.45) is 0 Å². The molecule has 0 unspecified atom stereocenters. The lowest BCUT2D eigenvalue weighted by molar-refractivity contribution is 1.02. The van der Waals surface area contributed by atoms with E-state index < -0.39 is 0 Å². The largest absolute Gasteiger partial charge is 0.308 e. The quantitative estimate of drug-likeness (QED) is 0.169. The van der Waals surface area contributed by atoms with E-state index in [4.69, 9.17) is 9.97 Å². The van der Waals surface area contributed by atoms with Gasteiger partial charge in [0.25, 0.3) is 0 Å². The Morgan fingerprint density at radius 1 is 0.434 bits per heavy atom. The molecule has 244 valence electrons. The summed E-state index contributed by atoms with van der Waals surface area (Å²) >= 11 is 1.87. The van der Waals surface area contributed by atoms with Crippen LogP contribution >= 0.6 is 11.3 Å². The Morgan fingerprint density at radius 2 is 1.13 bits per heavy atom. The topological polar surface area (TPSA) is 35.1 Å². The Balaban J connectivity index is 1.33. The third-order valence-corrected chi connectivity index (χ3v) is 12.6. The van der Waals surface area contributed by atoms with E-state index in [1.54, 1.807) is 0 Å². The van der Waals surface area contributed by atoms with Crippen molar-refractivity contribution < 1.29 is 0 Å². The van der Waals surface area contributed by atoms with Gasteiger partial charge in [-0.25, -0.2) is 9.97 Å². The Morgan fingerprint density at radius 3 is 2.04 bits per heavy atom. The molecule has 0 N–H and O–H groups in total. The molecular weight excluding hydrogens is 665 g/mol. The number of benzene rings is 8. The molecule has 0 saturated heterocycles. The van der Waals surface area contributed by atoms with Gasteiger partial charge in [-0.2, -0.15) is 0 Å². The van der Waals surface area contributed by atoms with Crippen LogP contribution in [0.3, 0.4) is 0 Å². The minimum atomic E-state index is 0.678. The van der Waals surface area contributed by atoms with Crippen molar-refractivity contribution in [3.05, 3.63) is 158 Å². The summed E-state index contributed by atoms with van der Waals surface area (Å²) in [7, 11) is 0. The van der Waals surface area contributed by atoms with Crippen LogP contribution in [0.2, 0.25) is 0 Å². The van der Waals surface area contributed by atoms with Crippen LogP contribution in [-0.2, 0) is 0 Å². The lowest BCUT2D eigenvalue weighted by Crippen LogP contribution is -2.04. The molecule has 0 aliphatic heterocycles. The highest BCUT2D eigenvalue weighted by molar-refractivity contribution is 7.26. The maximum Gasteiger partial charge on any atom is 0.235 e. The van der Waals surface area contributed by atoms with Gasteiger partial charge < -0.3 is 4.40 Å². The highest BCUT2D eigenvalue weighted by Crippen LogP contribution is 2.49. The predicted octanol–water partition coefficient (Wildman–Crippen LogP) is 13.1. The van der Waals surface area contributed by atoms with Gasteiger partial charge in [0.2, 0.25) is 5.95 Å². The zero-order chi connectivity index (χ0) is 34.4. The zero-order valence-electron chi connectivity index (χ0n) is 28.2. The lowest BCUT2D eigenvalue weighted by Gasteiger charge is -2.14. The summed E-state index contributed by atoms with van der Waals surface area (Å²) in [6.45, 7) is 0. The molecule has 5 aromatic heterocycles. The summed E-state index contributed by atoms with van der Waals surface area (Å²) in [5.41, 5.74) is 8.86. The van der Waals surface area contributed by atoms with Gasteiger partial charge in [0.15, 0.2) is 0 Å². The second-order valence-electron chi connectivity index (χ2n) is 14.1. The van der Waals surface area contributed by atoms with Crippen LogP contribution in [-0.4, -0.2) is 18.9 Å². The van der Waals surface area contributed by atoms with Crippen molar-refractivity contribution in [1.29, 1.82) is 0 Å². The number of rotatable bonds is 2. The molecular formula is C48H26N4S. The minimum Gasteiger partial charge on any atom is -0.308 e. The fourth-order valence-electron chi connectivity index (χ4n) is 9.26. The fourth-order valence-corrected chi connectivity index (χ4v) is 10.5. The maximum atomic E-state index is 5.57. The summed E-state index contributed by atoms with van der Waals surface area (Å²) in [5.74, 6) is 0.678. The van der Waals surface area contributed by atoms with Crippen LogP contribution < -0.4 is 0 Å². The molecule has 5 heterocycles. The molecule has 0 radical (unpaired) electrons. The van der Waals surface area contributed by atoms with Crippen molar-refractivity contribution in [3.8, 4) is 17.2 Å². The highest BCUT2D eigenvalue weighted by Gasteiger charge is 2.26. The van der Waals surface area contributed by atoms with Gasteiger partial charge in [0.1, 0.15) is 0 Å². The summed E-state index contributed by atoms with van der Waals surface area (Å²) in [5, 5.41) is 13.4. The molecule has 0 atom stereocenters. The number of para-hydroxylation sites is 2. The number of hydrogen-bond donors (Lipinski definition) is 0. The van der Waals surface area contributed by atoms with E-state index in [9.17, 15) is 0 Å². The van der Waals surface area contributed by atoms with Gasteiger partial charge in [-0.3, -0.25) is 4.57 Å². The molecule has 53 heavy (non-hydrogen) atoms. The molecule has 0 saturated carbocycles. The van der Waals surface area contributed by atoms with Crippen molar-refractivity contribution in [2.45, 2.75) is 0 Å². The van der Waals surface area contributed by atoms with Crippen LogP contribution in [0.15, 0.2) is 158 Å². The second kappa shape index (κ2) is 9.94. The molecule has 4 nitrogen and oxygen atoms in total. The number of nitrogens with zero attached hydrogens (tertiary/aromatic N) is 4. The van der Waals surface area contributed by atoms with Gasteiger partial charge in [0, 0.05) is 58.7 Å². The predicted molar refractivity (Wildman–Crippen MR) is 224 cm³/mol. The van der Waals surface area contributed by atoms with Gasteiger partial charge in [-0.05, 0) is 47.2 Å². The van der Waals surface area contributed by atoms with E-state index in [2.05, 4.69) is 167 Å². The van der Waals surface area contributed by atoms with Crippen LogP contribution in [0, 0.1) is 0 Å². The Bertz CT molecular complexity index is 3680. The van der Waals surface area contributed by atoms with Gasteiger partial charge in [-0.1, -0.05) is 121 Å². The first-order chi connectivity index (χ1) is 26.3. The first-order valence-corrected chi connectivity index (χ1v) is 18.8. The van der Waals surface area contributed by atoms with Crippen LogP contribution in [0.5, 0.6) is 0 Å². The monoisotopic (exact) mass is 690 g/mol. The van der Waals surface area contributed by atoms with E-state index in [0.717, 1.165) is 44.0 Å². The first-order valence-electron chi connectivity index (χ1n) is 18.0. The van der Waals surface area contributed by atoms with E-state index in [-0.39, 0.29) is 0 Å². The smallest absolute Gasteiger partial charge is 0.235 e. The zero-order valence-corrected chi connectivity index (χ0v) is 29.0. The number of thiophene rings is 1. The van der Waals surface area contributed by atoms with Crippen molar-refractivity contribution in [1.82, 2.24) is 18.9 Å². The lowest BCUT2D eigenvalue weighted by atomic mass is 10.0. The van der Waals surface area contributed by atoms with Crippen molar-refractivity contribution in [2.75, 3.05) is 0 Å². The highest BCUT2D eigenvalue weighted by atomic mass is 32.1. The molecule has 0 aliphatic carbocycles. The summed E-state index contributed by atoms with van der Waals surface area (Å²) in [4.78, 5) is 11.1. The Hall–Kier alpha value is -6.82.